The maximum Gasteiger partial charge on any atom is 0.335 e. The van der Waals surface area contributed by atoms with E-state index in [0.717, 1.165) is 0 Å². The number of benzene rings is 3. The molecule has 9 heteroatoms. The molecule has 0 bridgehead atoms. The van der Waals surface area contributed by atoms with Gasteiger partial charge in [0.1, 0.15) is 12.4 Å². The molecule has 1 aliphatic heterocycles. The van der Waals surface area contributed by atoms with Crippen LogP contribution in [0.1, 0.15) is 28.4 Å². The topological polar surface area (TPSA) is 88.4 Å². The number of carboxylic acids is 1. The second-order valence-electron chi connectivity index (χ2n) is 7.70. The summed E-state index contributed by atoms with van der Waals surface area (Å²) in [4.78, 5) is 30.8. The van der Waals surface area contributed by atoms with E-state index in [9.17, 15) is 19.1 Å². The summed E-state index contributed by atoms with van der Waals surface area (Å²) in [7, 11) is 1.51. The first-order valence-corrected chi connectivity index (χ1v) is 11.9. The molecule has 0 aliphatic carbocycles. The highest BCUT2D eigenvalue weighted by Crippen LogP contribution is 2.36. The number of amides is 1. The molecule has 1 fully saturated rings. The lowest BCUT2D eigenvalue weighted by molar-refractivity contribution is -0.122. The van der Waals surface area contributed by atoms with Crippen molar-refractivity contribution in [3.63, 3.8) is 0 Å². The first kappa shape index (κ1) is 25.0. The van der Waals surface area contributed by atoms with Crippen LogP contribution in [0.25, 0.3) is 6.08 Å². The summed E-state index contributed by atoms with van der Waals surface area (Å²) >= 11 is 1.21. The van der Waals surface area contributed by atoms with Crippen LogP contribution < -0.4 is 9.47 Å². The van der Waals surface area contributed by atoms with Crippen LogP contribution in [0.3, 0.4) is 0 Å². The Morgan fingerprint density at radius 2 is 1.92 bits per heavy atom. The molecular formula is C27H23FN2O5S. The monoisotopic (exact) mass is 506 g/mol. The summed E-state index contributed by atoms with van der Waals surface area (Å²) in [6.07, 6.45) is 1.73. The highest BCUT2D eigenvalue weighted by Gasteiger charge is 2.32. The molecule has 0 radical (unpaired) electrons. The van der Waals surface area contributed by atoms with Crippen LogP contribution in [0.15, 0.2) is 76.6 Å². The third-order valence-corrected chi connectivity index (χ3v) is 6.36. The minimum Gasteiger partial charge on any atom is -0.493 e. The van der Waals surface area contributed by atoms with E-state index in [1.54, 1.807) is 54.6 Å². The van der Waals surface area contributed by atoms with E-state index >= 15 is 0 Å². The van der Waals surface area contributed by atoms with Gasteiger partial charge in [0.15, 0.2) is 16.7 Å². The van der Waals surface area contributed by atoms with Crippen molar-refractivity contribution in [3.05, 3.63) is 94.1 Å². The van der Waals surface area contributed by atoms with Crippen LogP contribution in [-0.4, -0.2) is 40.7 Å². The van der Waals surface area contributed by atoms with Crippen molar-refractivity contribution in [2.75, 3.05) is 13.7 Å². The molecule has 1 amide bonds. The van der Waals surface area contributed by atoms with Crippen LogP contribution >= 0.6 is 11.8 Å². The minimum atomic E-state index is -1.05. The van der Waals surface area contributed by atoms with Gasteiger partial charge in [-0.2, -0.15) is 0 Å². The second-order valence-corrected chi connectivity index (χ2v) is 8.71. The first-order valence-electron chi connectivity index (χ1n) is 11.1. The van der Waals surface area contributed by atoms with Crippen molar-refractivity contribution in [2.24, 2.45) is 4.99 Å². The number of carbonyl (C=O) groups excluding carboxylic acids is 1. The van der Waals surface area contributed by atoms with Gasteiger partial charge in [-0.1, -0.05) is 30.3 Å². The molecule has 3 aromatic carbocycles. The average Bonchev–Trinajstić information content (AvgIpc) is 3.17. The fourth-order valence-electron chi connectivity index (χ4n) is 3.50. The number of ether oxygens (including phenoxy) is 2. The molecule has 0 aromatic heterocycles. The maximum absolute atomic E-state index is 13.9. The lowest BCUT2D eigenvalue weighted by atomic mass is 10.1. The number of rotatable bonds is 8. The third-order valence-electron chi connectivity index (χ3n) is 5.35. The Balaban J connectivity index is 1.56. The molecule has 3 aromatic rings. The number of likely N-dealkylation sites (N-methyl/N-ethyl adjacent to an activating group) is 1. The van der Waals surface area contributed by atoms with E-state index in [1.807, 2.05) is 6.92 Å². The number of amidine groups is 1. The Bertz CT molecular complexity index is 1370. The number of carbonyl (C=O) groups is 2. The Kier molecular flexibility index (Phi) is 7.70. The van der Waals surface area contributed by atoms with E-state index in [2.05, 4.69) is 4.99 Å². The molecule has 0 spiro atoms. The van der Waals surface area contributed by atoms with Crippen molar-refractivity contribution in [1.29, 1.82) is 0 Å². The van der Waals surface area contributed by atoms with Gasteiger partial charge in [0.2, 0.25) is 0 Å². The van der Waals surface area contributed by atoms with E-state index in [1.165, 1.54) is 42.0 Å². The Morgan fingerprint density at radius 1 is 1.11 bits per heavy atom. The van der Waals surface area contributed by atoms with Gasteiger partial charge in [-0.3, -0.25) is 9.69 Å². The Labute approximate surface area is 211 Å². The summed E-state index contributed by atoms with van der Waals surface area (Å²) in [5, 5.41) is 9.69. The molecule has 36 heavy (non-hydrogen) atoms. The molecule has 0 unspecified atom stereocenters. The van der Waals surface area contributed by atoms with Crippen LogP contribution in [-0.2, 0) is 11.4 Å². The summed E-state index contributed by atoms with van der Waals surface area (Å²) in [6, 6.07) is 17.9. The third kappa shape index (κ3) is 5.58. The van der Waals surface area contributed by atoms with E-state index < -0.39 is 5.97 Å². The molecule has 1 aliphatic rings. The number of carboxylic acid groups (broad SMARTS) is 1. The zero-order valence-corrected chi connectivity index (χ0v) is 20.4. The number of methoxy groups -OCH3 is 1. The van der Waals surface area contributed by atoms with Gasteiger partial charge in [-0.15, -0.1) is 0 Å². The molecule has 0 atom stereocenters. The predicted octanol–water partition coefficient (Wildman–Crippen LogP) is 5.74. The number of nitrogens with zero attached hydrogens (tertiary/aromatic N) is 2. The van der Waals surface area contributed by atoms with Crippen LogP contribution in [0.4, 0.5) is 10.1 Å². The minimum absolute atomic E-state index is 0.0478. The molecule has 1 saturated heterocycles. The largest absolute Gasteiger partial charge is 0.493 e. The van der Waals surface area contributed by atoms with Crippen molar-refractivity contribution < 1.29 is 28.6 Å². The molecule has 1 N–H and O–H groups in total. The Hall–Kier alpha value is -4.11. The van der Waals surface area contributed by atoms with Crippen LogP contribution in [0, 0.1) is 5.82 Å². The molecular weight excluding hydrogens is 483 g/mol. The zero-order chi connectivity index (χ0) is 25.7. The number of halogens is 1. The average molecular weight is 507 g/mol. The fourth-order valence-corrected chi connectivity index (χ4v) is 4.57. The standard InChI is InChI=1S/C27H23FN2O5S/c1-3-30-25(31)24(36-27(30)29-20-9-6-8-18(15-20)26(32)33)14-17-11-12-22(23(13-17)34-2)35-16-19-7-4-5-10-21(19)28/h4-15H,3,16H2,1-2H3,(H,32,33)/b24-14-,29-27?. The summed E-state index contributed by atoms with van der Waals surface area (Å²) in [5.41, 5.74) is 1.71. The van der Waals surface area contributed by atoms with Crippen molar-refractivity contribution in [1.82, 2.24) is 4.90 Å². The highest BCUT2D eigenvalue weighted by molar-refractivity contribution is 8.18. The molecule has 184 valence electrons. The van der Waals surface area contributed by atoms with Gasteiger partial charge < -0.3 is 14.6 Å². The smallest absolute Gasteiger partial charge is 0.335 e. The Morgan fingerprint density at radius 3 is 2.64 bits per heavy atom. The lowest BCUT2D eigenvalue weighted by Gasteiger charge is -2.12. The number of aromatic carboxylic acids is 1. The van der Waals surface area contributed by atoms with Crippen LogP contribution in [0.2, 0.25) is 0 Å². The zero-order valence-electron chi connectivity index (χ0n) is 19.6. The van der Waals surface area contributed by atoms with Crippen molar-refractivity contribution in [3.8, 4) is 11.5 Å². The summed E-state index contributed by atoms with van der Waals surface area (Å²) in [5.74, 6) is -0.695. The van der Waals surface area contributed by atoms with Crippen molar-refractivity contribution in [2.45, 2.75) is 13.5 Å². The van der Waals surface area contributed by atoms with Gasteiger partial charge in [-0.05, 0) is 66.7 Å². The normalized spacial score (nSPS) is 15.5. The van der Waals surface area contributed by atoms with E-state index in [4.69, 9.17) is 9.47 Å². The quantitative estimate of drug-likeness (QED) is 0.392. The highest BCUT2D eigenvalue weighted by atomic mass is 32.2. The van der Waals surface area contributed by atoms with Gasteiger partial charge >= 0.3 is 5.97 Å². The molecule has 4 rings (SSSR count). The van der Waals surface area contributed by atoms with Gasteiger partial charge in [0.05, 0.1) is 23.3 Å². The number of aliphatic imine (C=N–C) groups is 1. The van der Waals surface area contributed by atoms with Gasteiger partial charge in [0, 0.05) is 12.1 Å². The van der Waals surface area contributed by atoms with Crippen molar-refractivity contribution >= 4 is 40.6 Å². The van der Waals surface area contributed by atoms with Crippen LogP contribution in [0.5, 0.6) is 11.5 Å². The van der Waals surface area contributed by atoms with Gasteiger partial charge in [-0.25, -0.2) is 14.2 Å². The molecule has 1 heterocycles. The molecule has 7 nitrogen and oxygen atoms in total. The summed E-state index contributed by atoms with van der Waals surface area (Å²) in [6.45, 7) is 2.30. The fraction of sp³-hybridized carbons (Fsp3) is 0.148. The predicted molar refractivity (Wildman–Crippen MR) is 137 cm³/mol. The summed E-state index contributed by atoms with van der Waals surface area (Å²) < 4.78 is 25.1. The van der Waals surface area contributed by atoms with Gasteiger partial charge in [0.25, 0.3) is 5.91 Å². The first-order chi connectivity index (χ1) is 17.4. The van der Waals surface area contributed by atoms with E-state index in [0.29, 0.717) is 44.9 Å². The second kappa shape index (κ2) is 11.1. The number of hydrogen-bond donors (Lipinski definition) is 1. The number of hydrogen-bond acceptors (Lipinski definition) is 6. The van der Waals surface area contributed by atoms with E-state index in [-0.39, 0.29) is 23.9 Å². The number of thioether (sulfide) groups is 1. The SMILES string of the molecule is CCN1C(=O)/C(=C/c2ccc(OCc3ccccc3F)c(OC)c2)SC1=Nc1cccc(C(=O)O)c1. The molecule has 0 saturated carbocycles. The lowest BCUT2D eigenvalue weighted by Crippen LogP contribution is -2.28. The maximum atomic E-state index is 13.9.